The summed E-state index contributed by atoms with van der Waals surface area (Å²) >= 11 is 1.22. The molecule has 1 aromatic heterocycles. The summed E-state index contributed by atoms with van der Waals surface area (Å²) < 4.78 is 13.1. The number of anilines is 3. The van der Waals surface area contributed by atoms with Crippen molar-refractivity contribution in [1.29, 1.82) is 0 Å². The number of aromatic nitrogens is 1. The minimum absolute atomic E-state index is 0.190. The van der Waals surface area contributed by atoms with Crippen LogP contribution in [-0.2, 0) is 0 Å². The third kappa shape index (κ3) is 3.13. The minimum Gasteiger partial charge on any atom is -0.382 e. The molecule has 4 N–H and O–H groups in total. The molecule has 0 unspecified atom stereocenters. The van der Waals surface area contributed by atoms with Crippen LogP contribution in [0.4, 0.5) is 21.0 Å². The van der Waals surface area contributed by atoms with Gasteiger partial charge in [-0.1, -0.05) is 17.4 Å². The highest BCUT2D eigenvalue weighted by Gasteiger charge is 2.21. The number of carbonyl (C=O) groups excluding carboxylic acids is 1. The third-order valence-electron chi connectivity index (χ3n) is 3.37. The maximum Gasteiger partial charge on any atom is 0.269 e. The summed E-state index contributed by atoms with van der Waals surface area (Å²) in [6, 6.07) is 6.14. The van der Waals surface area contributed by atoms with Crippen LogP contribution in [0.5, 0.6) is 0 Å². The molecular formula is C14H15FN4OS. The Kier molecular flexibility index (Phi) is 3.74. The highest BCUT2D eigenvalue weighted by Crippen LogP contribution is 2.30. The molecule has 0 aliphatic heterocycles. The van der Waals surface area contributed by atoms with Crippen molar-refractivity contribution in [3.8, 4) is 0 Å². The van der Waals surface area contributed by atoms with Gasteiger partial charge in [-0.3, -0.25) is 4.79 Å². The van der Waals surface area contributed by atoms with Crippen LogP contribution in [0.25, 0.3) is 0 Å². The highest BCUT2D eigenvalue weighted by molar-refractivity contribution is 7.18. The summed E-state index contributed by atoms with van der Waals surface area (Å²) in [5.41, 5.74) is 6.18. The second kappa shape index (κ2) is 5.69. The van der Waals surface area contributed by atoms with E-state index >= 15 is 0 Å². The zero-order valence-corrected chi connectivity index (χ0v) is 12.0. The normalized spacial score (nSPS) is 14.5. The molecule has 110 valence electrons. The first-order chi connectivity index (χ1) is 10.1. The summed E-state index contributed by atoms with van der Waals surface area (Å²) in [6.07, 6.45) is 3.44. The number of nitrogen functional groups attached to an aromatic ring is 1. The highest BCUT2D eigenvalue weighted by atomic mass is 32.1. The molecule has 1 fully saturated rings. The summed E-state index contributed by atoms with van der Waals surface area (Å²) in [5, 5.41) is 6.53. The van der Waals surface area contributed by atoms with Gasteiger partial charge >= 0.3 is 0 Å². The van der Waals surface area contributed by atoms with Crippen molar-refractivity contribution >= 4 is 33.9 Å². The fourth-order valence-corrected chi connectivity index (χ4v) is 2.89. The summed E-state index contributed by atoms with van der Waals surface area (Å²) in [4.78, 5) is 16.7. The quantitative estimate of drug-likeness (QED) is 0.811. The van der Waals surface area contributed by atoms with Gasteiger partial charge in [-0.15, -0.1) is 0 Å². The number of benzene rings is 1. The van der Waals surface area contributed by atoms with Crippen molar-refractivity contribution in [2.45, 2.75) is 25.3 Å². The molecule has 1 saturated carbocycles. The number of nitrogens with one attached hydrogen (secondary N) is 2. The zero-order valence-electron chi connectivity index (χ0n) is 11.2. The van der Waals surface area contributed by atoms with Crippen molar-refractivity contribution in [2.75, 3.05) is 16.4 Å². The maximum absolute atomic E-state index is 13.1. The van der Waals surface area contributed by atoms with Gasteiger partial charge in [-0.2, -0.15) is 0 Å². The van der Waals surface area contributed by atoms with Crippen molar-refractivity contribution in [3.05, 3.63) is 35.0 Å². The maximum atomic E-state index is 13.1. The number of amides is 1. The van der Waals surface area contributed by atoms with Gasteiger partial charge in [0.1, 0.15) is 16.5 Å². The molecule has 7 heteroatoms. The molecule has 1 heterocycles. The fraction of sp³-hybridized carbons (Fsp3) is 0.286. The Bertz CT molecular complexity index is 669. The molecule has 21 heavy (non-hydrogen) atoms. The van der Waals surface area contributed by atoms with Gasteiger partial charge in [0.15, 0.2) is 5.13 Å². The first-order valence-electron chi connectivity index (χ1n) is 6.71. The summed E-state index contributed by atoms with van der Waals surface area (Å²) in [7, 11) is 0. The van der Waals surface area contributed by atoms with Gasteiger partial charge in [0, 0.05) is 11.7 Å². The third-order valence-corrected chi connectivity index (χ3v) is 4.38. The smallest absolute Gasteiger partial charge is 0.269 e. The second-order valence-corrected chi connectivity index (χ2v) is 5.97. The Balaban J connectivity index is 1.71. The molecule has 3 rings (SSSR count). The van der Waals surface area contributed by atoms with E-state index in [-0.39, 0.29) is 11.7 Å². The number of nitrogens with two attached hydrogens (primary N) is 1. The lowest BCUT2D eigenvalue weighted by Crippen LogP contribution is -2.26. The molecule has 0 saturated heterocycles. The molecule has 1 amide bonds. The van der Waals surface area contributed by atoms with Crippen LogP contribution < -0.4 is 16.4 Å². The molecule has 0 bridgehead atoms. The van der Waals surface area contributed by atoms with E-state index in [4.69, 9.17) is 5.73 Å². The predicted octanol–water partition coefficient (Wildman–Crippen LogP) is 3.08. The number of carbonyl (C=O) groups is 1. The monoisotopic (exact) mass is 306 g/mol. The number of hydrogen-bond acceptors (Lipinski definition) is 5. The Morgan fingerprint density at radius 2 is 2.24 bits per heavy atom. The summed E-state index contributed by atoms with van der Waals surface area (Å²) in [5.74, 6) is -0.592. The van der Waals surface area contributed by atoms with Crippen LogP contribution in [0.2, 0.25) is 0 Å². The first-order valence-corrected chi connectivity index (χ1v) is 7.53. The molecule has 0 atom stereocenters. The lowest BCUT2D eigenvalue weighted by molar-refractivity contribution is 0.103. The Labute approximate surface area is 125 Å². The van der Waals surface area contributed by atoms with E-state index in [9.17, 15) is 9.18 Å². The van der Waals surface area contributed by atoms with Crippen molar-refractivity contribution in [3.63, 3.8) is 0 Å². The van der Waals surface area contributed by atoms with E-state index in [1.807, 2.05) is 0 Å². The van der Waals surface area contributed by atoms with Crippen molar-refractivity contribution in [1.82, 2.24) is 4.98 Å². The summed E-state index contributed by atoms with van der Waals surface area (Å²) in [6.45, 7) is 0. The van der Waals surface area contributed by atoms with E-state index in [0.717, 1.165) is 12.8 Å². The standard InChI is InChI=1S/C14H15FN4OS/c15-8-3-1-6-10(7-8)17-13(20)11-12(16)19-14(21-11)18-9-4-2-5-9/h1,3,6-7,9H,2,4-5,16H2,(H,17,20)(H,18,19). The molecule has 0 radical (unpaired) electrons. The van der Waals surface area contributed by atoms with Crippen molar-refractivity contribution in [2.24, 2.45) is 0 Å². The average molecular weight is 306 g/mol. The van der Waals surface area contributed by atoms with E-state index in [1.54, 1.807) is 6.07 Å². The van der Waals surface area contributed by atoms with Crippen LogP contribution in [-0.4, -0.2) is 16.9 Å². The Morgan fingerprint density at radius 1 is 1.43 bits per heavy atom. The van der Waals surface area contributed by atoms with Crippen LogP contribution in [0.1, 0.15) is 28.9 Å². The number of halogens is 1. The van der Waals surface area contributed by atoms with Gasteiger partial charge in [0.25, 0.3) is 5.91 Å². The van der Waals surface area contributed by atoms with Crippen LogP contribution in [0.3, 0.4) is 0 Å². The second-order valence-electron chi connectivity index (χ2n) is 4.97. The lowest BCUT2D eigenvalue weighted by Gasteiger charge is -2.25. The van der Waals surface area contributed by atoms with Gasteiger partial charge in [-0.05, 0) is 37.5 Å². The molecule has 2 aromatic rings. The molecular weight excluding hydrogens is 291 g/mol. The van der Waals surface area contributed by atoms with E-state index < -0.39 is 5.82 Å². The molecule has 0 spiro atoms. The van der Waals surface area contributed by atoms with Gasteiger partial charge in [-0.25, -0.2) is 9.37 Å². The predicted molar refractivity (Wildman–Crippen MR) is 82.1 cm³/mol. The number of nitrogens with zero attached hydrogens (tertiary/aromatic N) is 1. The SMILES string of the molecule is Nc1nc(NC2CCC2)sc1C(=O)Nc1cccc(F)c1. The van der Waals surface area contributed by atoms with Crippen LogP contribution in [0, 0.1) is 5.82 Å². The van der Waals surface area contributed by atoms with Crippen LogP contribution >= 0.6 is 11.3 Å². The van der Waals surface area contributed by atoms with E-state index in [1.165, 1.54) is 36.0 Å². The largest absolute Gasteiger partial charge is 0.382 e. The Morgan fingerprint density at radius 3 is 2.90 bits per heavy atom. The van der Waals surface area contributed by atoms with Crippen LogP contribution in [0.15, 0.2) is 24.3 Å². The Hall–Kier alpha value is -2.15. The minimum atomic E-state index is -0.405. The molecule has 1 aliphatic carbocycles. The fourth-order valence-electron chi connectivity index (χ4n) is 2.04. The van der Waals surface area contributed by atoms with Gasteiger partial charge < -0.3 is 16.4 Å². The molecule has 1 aliphatic rings. The topological polar surface area (TPSA) is 80.0 Å². The van der Waals surface area contributed by atoms with Crippen molar-refractivity contribution < 1.29 is 9.18 Å². The first kappa shape index (κ1) is 13.8. The van der Waals surface area contributed by atoms with Gasteiger partial charge in [0.2, 0.25) is 0 Å². The molecule has 5 nitrogen and oxygen atoms in total. The van der Waals surface area contributed by atoms with E-state index in [2.05, 4.69) is 15.6 Å². The van der Waals surface area contributed by atoms with E-state index in [0.29, 0.717) is 21.7 Å². The lowest BCUT2D eigenvalue weighted by atomic mass is 9.93. The number of rotatable bonds is 4. The zero-order chi connectivity index (χ0) is 14.8. The number of hydrogen-bond donors (Lipinski definition) is 3. The number of thiazole rings is 1. The van der Waals surface area contributed by atoms with Gasteiger partial charge in [0.05, 0.1) is 0 Å². The molecule has 1 aromatic carbocycles. The average Bonchev–Trinajstić information content (AvgIpc) is 2.75.